The number of amides is 1. The van der Waals surface area contributed by atoms with E-state index in [4.69, 9.17) is 0 Å². The number of carbonyl (C=O) groups excluding carboxylic acids is 2. The third-order valence-corrected chi connectivity index (χ3v) is 6.88. The van der Waals surface area contributed by atoms with Gasteiger partial charge in [-0.2, -0.15) is 14.9 Å². The smallest absolute Gasteiger partial charge is 0.295 e. The van der Waals surface area contributed by atoms with E-state index in [-0.39, 0.29) is 47.3 Å². The van der Waals surface area contributed by atoms with Gasteiger partial charge in [0.25, 0.3) is 17.6 Å². The molecule has 2 unspecified atom stereocenters. The molecule has 6 heterocycles. The van der Waals surface area contributed by atoms with E-state index in [9.17, 15) is 14.0 Å². The zero-order valence-corrected chi connectivity index (χ0v) is 20.4. The molecule has 0 saturated carbocycles. The van der Waals surface area contributed by atoms with E-state index < -0.39 is 17.5 Å². The van der Waals surface area contributed by atoms with E-state index in [2.05, 4.69) is 40.7 Å². The Balaban J connectivity index is 1.15. The van der Waals surface area contributed by atoms with E-state index in [1.165, 1.54) is 22.1 Å². The lowest BCUT2D eigenvalue weighted by Crippen LogP contribution is -2.39. The van der Waals surface area contributed by atoms with Crippen LogP contribution in [0.25, 0.3) is 22.4 Å². The molecule has 1 amide bonds. The summed E-state index contributed by atoms with van der Waals surface area (Å²) in [5.74, 6) is -1.27. The topological polar surface area (TPSA) is 156 Å². The SMILES string of the molecule is Cc1ncn(-c2ncc(F)c3c(C(=O)C(=O)N4CC5C=NN(c6nnnn6-c6ccccc6)C5C4)c[nH]c23)n1. The first-order chi connectivity index (χ1) is 19.0. The molecule has 39 heavy (non-hydrogen) atoms. The number of para-hydroxylation sites is 1. The number of halogens is 1. The molecule has 4 aromatic heterocycles. The number of ketones is 1. The Labute approximate surface area is 218 Å². The number of hydrogen-bond donors (Lipinski definition) is 1. The number of nitrogens with zero attached hydrogens (tertiary/aromatic N) is 11. The zero-order valence-electron chi connectivity index (χ0n) is 20.4. The second-order valence-corrected chi connectivity index (χ2v) is 9.22. The fourth-order valence-corrected chi connectivity index (χ4v) is 5.04. The van der Waals surface area contributed by atoms with Gasteiger partial charge in [0, 0.05) is 31.4 Å². The Kier molecular flexibility index (Phi) is 5.04. The summed E-state index contributed by atoms with van der Waals surface area (Å²) in [5, 5.41) is 22.3. The van der Waals surface area contributed by atoms with Crippen LogP contribution in [0.15, 0.2) is 54.2 Å². The molecule has 0 bridgehead atoms. The third kappa shape index (κ3) is 3.58. The van der Waals surface area contributed by atoms with Crippen LogP contribution in [0.5, 0.6) is 0 Å². The maximum absolute atomic E-state index is 14.9. The number of nitrogens with one attached hydrogen (secondary N) is 1. The zero-order chi connectivity index (χ0) is 26.7. The van der Waals surface area contributed by atoms with E-state index in [0.717, 1.165) is 11.9 Å². The Hall–Kier alpha value is -5.34. The van der Waals surface area contributed by atoms with Crippen LogP contribution in [-0.2, 0) is 4.79 Å². The first kappa shape index (κ1) is 22.8. The molecule has 1 aromatic carbocycles. The van der Waals surface area contributed by atoms with Gasteiger partial charge in [-0.25, -0.2) is 24.0 Å². The lowest BCUT2D eigenvalue weighted by atomic mass is 10.1. The van der Waals surface area contributed by atoms with Crippen molar-refractivity contribution in [1.29, 1.82) is 0 Å². The highest BCUT2D eigenvalue weighted by molar-refractivity contribution is 6.45. The van der Waals surface area contributed by atoms with Crippen molar-refractivity contribution in [3.8, 4) is 11.5 Å². The maximum Gasteiger partial charge on any atom is 0.295 e. The van der Waals surface area contributed by atoms with Crippen LogP contribution in [0.2, 0.25) is 0 Å². The number of hydrazone groups is 1. The van der Waals surface area contributed by atoms with Crippen molar-refractivity contribution in [1.82, 2.24) is 49.8 Å². The van der Waals surface area contributed by atoms with Crippen molar-refractivity contribution in [2.45, 2.75) is 13.0 Å². The van der Waals surface area contributed by atoms with Gasteiger partial charge in [0.15, 0.2) is 11.6 Å². The number of tetrazole rings is 1. The second-order valence-electron chi connectivity index (χ2n) is 9.22. The number of anilines is 1. The number of fused-ring (bicyclic) bond motifs is 2. The summed E-state index contributed by atoms with van der Waals surface area (Å²) in [6, 6.07) is 9.11. The van der Waals surface area contributed by atoms with Gasteiger partial charge in [0.2, 0.25) is 0 Å². The van der Waals surface area contributed by atoms with Crippen LogP contribution in [0.3, 0.4) is 0 Å². The van der Waals surface area contributed by atoms with Gasteiger partial charge in [-0.1, -0.05) is 23.3 Å². The lowest BCUT2D eigenvalue weighted by Gasteiger charge is -2.22. The highest BCUT2D eigenvalue weighted by Gasteiger charge is 2.45. The molecule has 0 radical (unpaired) electrons. The van der Waals surface area contributed by atoms with Crippen LogP contribution in [0.4, 0.5) is 10.3 Å². The standard InChI is InChI=1S/C24H19FN12O2/c1-13-28-12-35(31-13)22-20-19(17(25)9-27-22)16(8-26-20)21(38)23(39)34-10-14-7-29-37(18(14)11-34)24-30-32-33-36(24)15-5-3-2-4-6-15/h2-9,12,14,18,26H,10-11H2,1H3. The van der Waals surface area contributed by atoms with Gasteiger partial charge in [-0.15, -0.1) is 0 Å². The number of aryl methyl sites for hydroxylation is 1. The van der Waals surface area contributed by atoms with Crippen LogP contribution < -0.4 is 5.01 Å². The highest BCUT2D eigenvalue weighted by Crippen LogP contribution is 2.32. The fraction of sp³-hybridized carbons (Fsp3) is 0.208. The number of benzene rings is 1. The van der Waals surface area contributed by atoms with Gasteiger partial charge in [-0.05, 0) is 29.5 Å². The van der Waals surface area contributed by atoms with Crippen LogP contribution in [0, 0.1) is 18.7 Å². The molecular formula is C24H19FN12O2. The fourth-order valence-electron chi connectivity index (χ4n) is 5.04. The van der Waals surface area contributed by atoms with Gasteiger partial charge in [0.05, 0.1) is 34.4 Å². The Bertz CT molecular complexity index is 1770. The Morgan fingerprint density at radius 1 is 1.13 bits per heavy atom. The van der Waals surface area contributed by atoms with Gasteiger partial charge >= 0.3 is 0 Å². The molecule has 1 saturated heterocycles. The number of Topliss-reactive ketones (excluding diaryl/α,β-unsaturated/α-hetero) is 1. The molecule has 2 atom stereocenters. The molecular weight excluding hydrogens is 507 g/mol. The highest BCUT2D eigenvalue weighted by atomic mass is 19.1. The van der Waals surface area contributed by atoms with Crippen molar-refractivity contribution in [3.05, 3.63) is 66.3 Å². The summed E-state index contributed by atoms with van der Waals surface area (Å²) < 4.78 is 17.8. The average Bonchev–Trinajstić information content (AvgIpc) is 3.77. The summed E-state index contributed by atoms with van der Waals surface area (Å²) in [5.41, 5.74) is 0.914. The molecule has 194 valence electrons. The first-order valence-electron chi connectivity index (χ1n) is 12.0. The molecule has 0 spiro atoms. The number of aromatic nitrogens is 9. The Morgan fingerprint density at radius 2 is 1.97 bits per heavy atom. The summed E-state index contributed by atoms with van der Waals surface area (Å²) in [4.78, 5) is 39.2. The average molecular weight is 526 g/mol. The number of likely N-dealkylation sites (tertiary alicyclic amines) is 1. The quantitative estimate of drug-likeness (QED) is 0.261. The first-order valence-corrected chi connectivity index (χ1v) is 12.0. The van der Waals surface area contributed by atoms with Crippen LogP contribution in [0.1, 0.15) is 16.2 Å². The second kappa shape index (κ2) is 8.61. The molecule has 7 rings (SSSR count). The number of H-pyrrole nitrogens is 1. The minimum absolute atomic E-state index is 0.0314. The molecule has 5 aromatic rings. The number of carbonyl (C=O) groups is 2. The van der Waals surface area contributed by atoms with Crippen molar-refractivity contribution >= 4 is 34.8 Å². The van der Waals surface area contributed by atoms with Crippen molar-refractivity contribution in [2.75, 3.05) is 18.1 Å². The molecule has 14 nitrogen and oxygen atoms in total. The monoisotopic (exact) mass is 526 g/mol. The van der Waals surface area contributed by atoms with E-state index in [1.54, 1.807) is 22.8 Å². The predicted molar refractivity (Wildman–Crippen MR) is 134 cm³/mol. The molecule has 2 aliphatic rings. The summed E-state index contributed by atoms with van der Waals surface area (Å²) in [7, 11) is 0. The summed E-state index contributed by atoms with van der Waals surface area (Å²) in [6.45, 7) is 2.20. The largest absolute Gasteiger partial charge is 0.357 e. The normalized spacial score (nSPS) is 18.3. The van der Waals surface area contributed by atoms with Crippen LogP contribution >= 0.6 is 0 Å². The van der Waals surface area contributed by atoms with Crippen LogP contribution in [-0.4, -0.2) is 86.9 Å². The minimum atomic E-state index is -0.829. The third-order valence-electron chi connectivity index (χ3n) is 6.88. The number of pyridine rings is 1. The van der Waals surface area contributed by atoms with Crippen molar-refractivity contribution < 1.29 is 14.0 Å². The molecule has 15 heteroatoms. The minimum Gasteiger partial charge on any atom is -0.357 e. The predicted octanol–water partition coefficient (Wildman–Crippen LogP) is 1.08. The van der Waals surface area contributed by atoms with E-state index in [1.807, 2.05) is 30.3 Å². The van der Waals surface area contributed by atoms with E-state index in [0.29, 0.717) is 11.8 Å². The molecule has 2 aliphatic heterocycles. The van der Waals surface area contributed by atoms with Gasteiger partial charge in [-0.3, -0.25) is 9.59 Å². The number of rotatable bonds is 5. The molecule has 1 fully saturated rings. The lowest BCUT2D eigenvalue weighted by molar-refractivity contribution is -0.125. The van der Waals surface area contributed by atoms with Gasteiger partial charge in [0.1, 0.15) is 12.2 Å². The maximum atomic E-state index is 14.9. The summed E-state index contributed by atoms with van der Waals surface area (Å²) >= 11 is 0. The number of hydrogen-bond acceptors (Lipinski definition) is 10. The molecule has 0 aliphatic carbocycles. The summed E-state index contributed by atoms with van der Waals surface area (Å²) in [6.07, 6.45) is 5.49. The number of aromatic amines is 1. The Morgan fingerprint density at radius 3 is 2.77 bits per heavy atom. The van der Waals surface area contributed by atoms with E-state index >= 15 is 0 Å². The molecule has 1 N–H and O–H groups in total. The van der Waals surface area contributed by atoms with Crippen molar-refractivity contribution in [2.24, 2.45) is 11.0 Å². The van der Waals surface area contributed by atoms with Gasteiger partial charge < -0.3 is 9.88 Å². The van der Waals surface area contributed by atoms with Crippen molar-refractivity contribution in [3.63, 3.8) is 0 Å².